The van der Waals surface area contributed by atoms with Crippen LogP contribution in [-0.2, 0) is 69.3 Å². The van der Waals surface area contributed by atoms with Crippen molar-refractivity contribution in [3.8, 4) is 11.1 Å². The molecule has 0 bridgehead atoms. The molecule has 2 aliphatic heterocycles. The largest absolute Gasteiger partial charge is 2.00 e. The van der Waals surface area contributed by atoms with Gasteiger partial charge in [0.15, 0.2) is 0 Å². The van der Waals surface area contributed by atoms with Gasteiger partial charge >= 0.3 is 56.1 Å². The van der Waals surface area contributed by atoms with Crippen molar-refractivity contribution in [3.63, 3.8) is 0 Å². The predicted molar refractivity (Wildman–Crippen MR) is 317 cm³/mol. The van der Waals surface area contributed by atoms with Crippen LogP contribution in [0, 0.1) is 27.7 Å². The number of aliphatic imine (C=N–C) groups is 2. The Labute approximate surface area is 522 Å². The number of aromatic nitrogens is 2. The number of allylic oxidation sites excluding steroid dienone is 3. The van der Waals surface area contributed by atoms with Gasteiger partial charge in [-0.05, 0) is 152 Å². The fraction of sp³-hybridized carbons (Fsp3) is 0.353. The Bertz CT molecular complexity index is 3940. The monoisotopic (exact) mass is 1290 g/mol. The van der Waals surface area contributed by atoms with E-state index >= 15 is 0 Å². The smallest absolute Gasteiger partial charge is 0.660 e. The molecule has 21 heteroatoms. The van der Waals surface area contributed by atoms with E-state index < -0.39 is 70.0 Å². The van der Waals surface area contributed by atoms with Crippen LogP contribution in [0.3, 0.4) is 0 Å². The summed E-state index contributed by atoms with van der Waals surface area (Å²) < 4.78 is 176. The summed E-state index contributed by atoms with van der Waals surface area (Å²) in [5, 5.41) is 0. The number of benzene rings is 4. The number of nitrogens with zero attached hydrogens (tertiary/aromatic N) is 4. The maximum absolute atomic E-state index is 14.2. The van der Waals surface area contributed by atoms with E-state index in [1.807, 2.05) is 48.5 Å². The van der Waals surface area contributed by atoms with Crippen molar-refractivity contribution in [2.45, 2.75) is 146 Å². The van der Waals surface area contributed by atoms with Crippen molar-refractivity contribution in [1.29, 1.82) is 0 Å². The van der Waals surface area contributed by atoms with E-state index in [0.717, 1.165) is 23.3 Å². The second-order valence-corrected chi connectivity index (χ2v) is 23.5. The maximum Gasteiger partial charge on any atom is 2.00 e. The van der Waals surface area contributed by atoms with Gasteiger partial charge in [0.25, 0.3) is 0 Å². The number of aryl methyl sites for hydroxylation is 2. The summed E-state index contributed by atoms with van der Waals surface area (Å²) in [7, 11) is 0. The maximum atomic E-state index is 14.2. The molecule has 0 unspecified atom stereocenters. The first-order valence-corrected chi connectivity index (χ1v) is 28.0. The molecule has 6 aromatic rings. The zero-order chi connectivity index (χ0) is 65.9. The van der Waals surface area contributed by atoms with Gasteiger partial charge in [0, 0.05) is 16.8 Å². The van der Waals surface area contributed by atoms with Crippen LogP contribution in [0.5, 0.6) is 0 Å². The minimum atomic E-state index is -5.06. The molecular weight excluding hydrogens is 1230 g/mol. The Morgan fingerprint density at radius 3 is 1.27 bits per heavy atom. The summed E-state index contributed by atoms with van der Waals surface area (Å²) in [5.74, 6) is -1.10. The fourth-order valence-electron chi connectivity index (χ4n) is 11.0. The number of carbonyl (C=O) groups excluding carboxylic acids is 2. The fourth-order valence-corrected chi connectivity index (χ4v) is 11.0. The molecule has 0 fully saturated rings. The SMILES string of the molecule is CCOC(=O)C1=C(C)/C(=C(\c2ccc(C(C)(C)C)cc2)c2[n-]c(C)c(-c3ccc(C(F)(F)F)cc3C(F)(F)F)c2C)N=C1C.CCOC(=O)c1c(C)[n-]c(/C(=C2\N=C(C)C(c3ccc(C(F)(F)F)cc3C(F)(F)F)=C2C)c2ccc(C(C)(C)C)cc2)c1C.[Zn+2]. The topological polar surface area (TPSA) is 106 Å². The quantitative estimate of drug-likeness (QED) is 0.0768. The number of halogens is 12. The second kappa shape index (κ2) is 25.8. The molecule has 4 aromatic carbocycles. The molecule has 0 saturated heterocycles. The Hall–Kier alpha value is -7.54. The average molecular weight is 1300 g/mol. The minimum Gasteiger partial charge on any atom is -0.660 e. The van der Waals surface area contributed by atoms with E-state index in [2.05, 4.69) is 51.5 Å². The number of hydrogen-bond acceptors (Lipinski definition) is 6. The van der Waals surface area contributed by atoms with Gasteiger partial charge in [0.2, 0.25) is 0 Å². The molecular formula is C68H66F12N4O4Zn. The summed E-state index contributed by atoms with van der Waals surface area (Å²) >= 11 is 0. The Morgan fingerprint density at radius 1 is 0.461 bits per heavy atom. The zero-order valence-corrected chi connectivity index (χ0v) is 55.1. The molecule has 0 aliphatic carbocycles. The molecule has 8 rings (SSSR count). The molecule has 2 aromatic heterocycles. The number of esters is 2. The Morgan fingerprint density at radius 2 is 0.843 bits per heavy atom. The van der Waals surface area contributed by atoms with Crippen molar-refractivity contribution in [2.75, 3.05) is 13.2 Å². The van der Waals surface area contributed by atoms with E-state index in [1.165, 1.54) is 13.8 Å². The second-order valence-electron chi connectivity index (χ2n) is 23.5. The molecule has 468 valence electrons. The third kappa shape index (κ3) is 14.6. The van der Waals surface area contributed by atoms with E-state index in [4.69, 9.17) is 19.5 Å². The molecule has 0 saturated carbocycles. The number of ether oxygens (including phenoxy) is 2. The van der Waals surface area contributed by atoms with E-state index in [-0.39, 0.29) is 89.3 Å². The molecule has 0 spiro atoms. The third-order valence-electron chi connectivity index (χ3n) is 15.3. The zero-order valence-electron chi connectivity index (χ0n) is 52.2. The Kier molecular flexibility index (Phi) is 20.4. The van der Waals surface area contributed by atoms with Gasteiger partial charge < -0.3 is 19.4 Å². The molecule has 0 atom stereocenters. The standard InChI is InChI=1S/2C34H34F6N2O2.Zn/c2*1-9-44-31(43)27-18(3)30(42-20(27)5)28(21-10-12-22(13-11-21)32(6,7)8)29-17(2)26(19(4)41-29)24-15-14-23(33(35,36)37)16-25(24)34(38,39)40;/h2*10-16H,9H2,1-8H3,(H,41,42,43);/q;;+2/p-2. The first-order chi connectivity index (χ1) is 40.5. The molecule has 0 N–H and O–H groups in total. The van der Waals surface area contributed by atoms with Gasteiger partial charge in [-0.1, -0.05) is 127 Å². The van der Waals surface area contributed by atoms with Crippen molar-refractivity contribution in [3.05, 3.63) is 203 Å². The van der Waals surface area contributed by atoms with E-state index in [9.17, 15) is 62.3 Å². The number of carbonyl (C=O) groups is 2. The van der Waals surface area contributed by atoms with Crippen molar-refractivity contribution in [2.24, 2.45) is 9.98 Å². The summed E-state index contributed by atoms with van der Waals surface area (Å²) in [5.41, 5.74) is 2.75. The summed E-state index contributed by atoms with van der Waals surface area (Å²) in [6.45, 7) is 29.0. The number of alkyl halides is 12. The molecule has 2 aliphatic rings. The first kappa shape index (κ1) is 70.5. The van der Waals surface area contributed by atoms with E-state index in [1.54, 1.807) is 55.4 Å². The molecule has 8 nitrogen and oxygen atoms in total. The van der Waals surface area contributed by atoms with Crippen LogP contribution in [0.1, 0.15) is 177 Å². The van der Waals surface area contributed by atoms with Crippen LogP contribution in [-0.4, -0.2) is 36.6 Å². The normalized spacial score (nSPS) is 15.4. The first-order valence-electron chi connectivity index (χ1n) is 28.0. The van der Waals surface area contributed by atoms with Gasteiger partial charge in [-0.15, -0.1) is 17.1 Å². The van der Waals surface area contributed by atoms with Crippen molar-refractivity contribution in [1.82, 2.24) is 9.97 Å². The van der Waals surface area contributed by atoms with Crippen LogP contribution in [0.15, 0.2) is 123 Å². The van der Waals surface area contributed by atoms with Crippen molar-refractivity contribution < 1.29 is 91.2 Å². The van der Waals surface area contributed by atoms with Crippen molar-refractivity contribution >= 4 is 40.1 Å². The van der Waals surface area contributed by atoms with Gasteiger partial charge in [-0.2, -0.15) is 58.4 Å². The van der Waals surface area contributed by atoms with Crippen LogP contribution in [0.4, 0.5) is 52.7 Å². The summed E-state index contributed by atoms with van der Waals surface area (Å²) in [6.07, 6.45) is -20.0. The Balaban J connectivity index is 0.000000281. The molecule has 89 heavy (non-hydrogen) atoms. The van der Waals surface area contributed by atoms with Crippen LogP contribution in [0.25, 0.3) is 27.8 Å². The summed E-state index contributed by atoms with van der Waals surface area (Å²) in [4.78, 5) is 44.4. The molecule has 4 heterocycles. The third-order valence-corrected chi connectivity index (χ3v) is 15.3. The number of hydrogen-bond donors (Lipinski definition) is 0. The van der Waals surface area contributed by atoms with Gasteiger partial charge in [-0.3, -0.25) is 9.98 Å². The van der Waals surface area contributed by atoms with E-state index in [0.29, 0.717) is 90.9 Å². The van der Waals surface area contributed by atoms with Gasteiger partial charge in [-0.25, -0.2) is 9.59 Å². The molecule has 0 amide bonds. The summed E-state index contributed by atoms with van der Waals surface area (Å²) in [6, 6.07) is 18.5. The molecule has 0 radical (unpaired) electrons. The van der Waals surface area contributed by atoms with Gasteiger partial charge in [0.1, 0.15) is 0 Å². The van der Waals surface area contributed by atoms with Crippen LogP contribution < -0.4 is 9.97 Å². The number of rotatable bonds is 10. The minimum absolute atomic E-state index is 0. The predicted octanol–water partition coefficient (Wildman–Crippen LogP) is 18.9. The van der Waals surface area contributed by atoms with Crippen LogP contribution >= 0.6 is 0 Å². The average Bonchev–Trinajstić information content (AvgIpc) is 1.89. The van der Waals surface area contributed by atoms with Gasteiger partial charge in [0.05, 0.1) is 58.1 Å². The van der Waals surface area contributed by atoms with Crippen LogP contribution in [0.2, 0.25) is 0 Å².